The van der Waals surface area contributed by atoms with E-state index < -0.39 is 6.04 Å². The van der Waals surface area contributed by atoms with E-state index in [0.717, 1.165) is 28.1 Å². The molecule has 0 bridgehead atoms. The summed E-state index contributed by atoms with van der Waals surface area (Å²) in [6.45, 7) is 6.47. The highest BCUT2D eigenvalue weighted by Crippen LogP contribution is 2.36. The van der Waals surface area contributed by atoms with Gasteiger partial charge in [0.15, 0.2) is 0 Å². The van der Waals surface area contributed by atoms with E-state index in [1.807, 2.05) is 75.4 Å². The number of benzene rings is 3. The van der Waals surface area contributed by atoms with Gasteiger partial charge in [-0.1, -0.05) is 18.2 Å². The van der Waals surface area contributed by atoms with Crippen LogP contribution in [-0.4, -0.2) is 32.1 Å². The van der Waals surface area contributed by atoms with E-state index >= 15 is 0 Å². The average Bonchev–Trinajstić information content (AvgIpc) is 2.83. The van der Waals surface area contributed by atoms with Crippen LogP contribution in [0.5, 0.6) is 11.5 Å². The summed E-state index contributed by atoms with van der Waals surface area (Å²) in [7, 11) is 1.60. The molecule has 170 valence electrons. The highest BCUT2D eigenvalue weighted by molar-refractivity contribution is 6.14. The molecule has 4 rings (SSSR count). The lowest BCUT2D eigenvalue weighted by molar-refractivity contribution is -0.128. The van der Waals surface area contributed by atoms with Crippen molar-refractivity contribution in [3.8, 4) is 11.5 Å². The lowest BCUT2D eigenvalue weighted by Gasteiger charge is -2.40. The summed E-state index contributed by atoms with van der Waals surface area (Å²) in [5.74, 6) is 1.09. The van der Waals surface area contributed by atoms with Crippen LogP contribution in [0, 0.1) is 13.8 Å². The van der Waals surface area contributed by atoms with E-state index in [9.17, 15) is 9.59 Å². The van der Waals surface area contributed by atoms with Crippen molar-refractivity contribution in [2.75, 3.05) is 30.1 Å². The Bertz CT molecular complexity index is 1160. The summed E-state index contributed by atoms with van der Waals surface area (Å²) >= 11 is 0. The minimum Gasteiger partial charge on any atom is -0.497 e. The summed E-state index contributed by atoms with van der Waals surface area (Å²) in [6, 6.07) is 19.6. The Hall–Kier alpha value is -3.80. The maximum Gasteiger partial charge on any atom is 0.255 e. The predicted octanol–water partition coefficient (Wildman–Crippen LogP) is 4.83. The second-order valence-electron chi connectivity index (χ2n) is 8.06. The number of hydrogen-bond donors (Lipinski definition) is 0. The molecule has 33 heavy (non-hydrogen) atoms. The van der Waals surface area contributed by atoms with Gasteiger partial charge in [-0.15, -0.1) is 0 Å². The molecule has 1 heterocycles. The van der Waals surface area contributed by atoms with Crippen LogP contribution in [-0.2, 0) is 9.59 Å². The molecule has 0 spiro atoms. The Morgan fingerprint density at radius 1 is 0.848 bits per heavy atom. The maximum atomic E-state index is 13.9. The van der Waals surface area contributed by atoms with Crippen LogP contribution in [0.15, 0.2) is 66.7 Å². The van der Waals surface area contributed by atoms with E-state index in [-0.39, 0.29) is 18.4 Å². The molecular weight excluding hydrogens is 416 g/mol. The molecule has 3 aromatic carbocycles. The van der Waals surface area contributed by atoms with Gasteiger partial charge in [-0.05, 0) is 86.0 Å². The van der Waals surface area contributed by atoms with Gasteiger partial charge in [-0.3, -0.25) is 14.5 Å². The first-order chi connectivity index (χ1) is 15.9. The molecule has 0 aromatic heterocycles. The third-order valence-electron chi connectivity index (χ3n) is 5.98. The number of ether oxygens (including phenoxy) is 2. The van der Waals surface area contributed by atoms with Crippen molar-refractivity contribution in [3.63, 3.8) is 0 Å². The minimum atomic E-state index is -0.795. The zero-order valence-corrected chi connectivity index (χ0v) is 19.4. The van der Waals surface area contributed by atoms with Crippen LogP contribution in [0.25, 0.3) is 0 Å². The van der Waals surface area contributed by atoms with Crippen LogP contribution in [0.1, 0.15) is 29.7 Å². The number of hydrogen-bond acceptors (Lipinski definition) is 4. The number of carbonyl (C=O) groups is 2. The molecule has 0 N–H and O–H groups in total. The Labute approximate surface area is 194 Å². The van der Waals surface area contributed by atoms with Crippen LogP contribution in [0.4, 0.5) is 11.4 Å². The Kier molecular flexibility index (Phi) is 6.36. The fraction of sp³-hybridized carbons (Fsp3) is 0.259. The van der Waals surface area contributed by atoms with Crippen molar-refractivity contribution in [1.29, 1.82) is 0 Å². The maximum absolute atomic E-state index is 13.9. The zero-order valence-electron chi connectivity index (χ0n) is 19.4. The fourth-order valence-electron chi connectivity index (χ4n) is 4.04. The smallest absolute Gasteiger partial charge is 0.255 e. The SMILES string of the molecule is CCOc1ccc(N2C(=O)CN(c3ccc(C)c(C)c3)C(=O)[C@@H]2c2ccc(OC)cc2)cc1. The van der Waals surface area contributed by atoms with Gasteiger partial charge in [-0.25, -0.2) is 0 Å². The Morgan fingerprint density at radius 3 is 2.09 bits per heavy atom. The van der Waals surface area contributed by atoms with Crippen molar-refractivity contribution in [2.45, 2.75) is 26.8 Å². The first-order valence-corrected chi connectivity index (χ1v) is 11.0. The van der Waals surface area contributed by atoms with Gasteiger partial charge in [0.1, 0.15) is 24.1 Å². The van der Waals surface area contributed by atoms with Gasteiger partial charge in [-0.2, -0.15) is 0 Å². The lowest BCUT2D eigenvalue weighted by atomic mass is 9.98. The third kappa shape index (κ3) is 4.42. The molecule has 1 atom stereocenters. The summed E-state index contributed by atoms with van der Waals surface area (Å²) in [5.41, 5.74) is 4.30. The number of methoxy groups -OCH3 is 1. The van der Waals surface area contributed by atoms with Crippen molar-refractivity contribution in [2.24, 2.45) is 0 Å². The molecule has 6 heteroatoms. The van der Waals surface area contributed by atoms with Crippen molar-refractivity contribution in [1.82, 2.24) is 0 Å². The Morgan fingerprint density at radius 2 is 1.48 bits per heavy atom. The highest BCUT2D eigenvalue weighted by Gasteiger charge is 2.42. The summed E-state index contributed by atoms with van der Waals surface area (Å²) < 4.78 is 10.8. The first kappa shape index (κ1) is 22.4. The number of rotatable bonds is 6. The van der Waals surface area contributed by atoms with Crippen LogP contribution in [0.2, 0.25) is 0 Å². The quantitative estimate of drug-likeness (QED) is 0.546. The van der Waals surface area contributed by atoms with Gasteiger partial charge in [0, 0.05) is 11.4 Å². The Balaban J connectivity index is 1.77. The standard InChI is InChI=1S/C27H28N2O4/c1-5-33-24-14-10-21(11-15-24)29-25(30)17-28(22-9-6-18(2)19(3)16-22)27(31)26(29)20-7-12-23(32-4)13-8-20/h6-16,26H,5,17H2,1-4H3/t26-/m0/s1. The van der Waals surface area contributed by atoms with Crippen LogP contribution >= 0.6 is 0 Å². The van der Waals surface area contributed by atoms with Crippen molar-refractivity contribution < 1.29 is 19.1 Å². The normalized spacial score (nSPS) is 16.2. The molecule has 3 aromatic rings. The molecule has 1 saturated heterocycles. The molecule has 1 fully saturated rings. The zero-order chi connectivity index (χ0) is 23.5. The molecule has 1 aliphatic heterocycles. The molecule has 6 nitrogen and oxygen atoms in total. The molecule has 2 amide bonds. The minimum absolute atomic E-state index is 0.0266. The number of amides is 2. The number of aryl methyl sites for hydroxylation is 2. The van der Waals surface area contributed by atoms with Gasteiger partial charge in [0.2, 0.25) is 5.91 Å². The van der Waals surface area contributed by atoms with Crippen LogP contribution < -0.4 is 19.3 Å². The van der Waals surface area contributed by atoms with Crippen molar-refractivity contribution in [3.05, 3.63) is 83.4 Å². The molecule has 0 radical (unpaired) electrons. The highest BCUT2D eigenvalue weighted by atomic mass is 16.5. The van der Waals surface area contributed by atoms with E-state index in [4.69, 9.17) is 9.47 Å². The topological polar surface area (TPSA) is 59.1 Å². The van der Waals surface area contributed by atoms with Gasteiger partial charge < -0.3 is 14.4 Å². The van der Waals surface area contributed by atoms with Crippen LogP contribution in [0.3, 0.4) is 0 Å². The number of anilines is 2. The number of carbonyl (C=O) groups excluding carboxylic acids is 2. The van der Waals surface area contributed by atoms with E-state index in [2.05, 4.69) is 0 Å². The average molecular weight is 445 g/mol. The molecule has 0 aliphatic carbocycles. The second kappa shape index (κ2) is 9.36. The van der Waals surface area contributed by atoms with Crippen molar-refractivity contribution >= 4 is 23.2 Å². The number of nitrogens with zero attached hydrogens (tertiary/aromatic N) is 2. The second-order valence-corrected chi connectivity index (χ2v) is 8.06. The monoisotopic (exact) mass is 444 g/mol. The fourth-order valence-corrected chi connectivity index (χ4v) is 4.04. The summed E-state index contributed by atoms with van der Waals surface area (Å²) in [5, 5.41) is 0. The summed E-state index contributed by atoms with van der Waals surface area (Å²) in [4.78, 5) is 30.5. The lowest BCUT2D eigenvalue weighted by Crippen LogP contribution is -2.56. The van der Waals surface area contributed by atoms with Gasteiger partial charge in [0.05, 0.1) is 13.7 Å². The molecular formula is C27H28N2O4. The largest absolute Gasteiger partial charge is 0.497 e. The first-order valence-electron chi connectivity index (χ1n) is 11.0. The van der Waals surface area contributed by atoms with Gasteiger partial charge >= 0.3 is 0 Å². The molecule has 0 saturated carbocycles. The third-order valence-corrected chi connectivity index (χ3v) is 5.98. The molecule has 1 aliphatic rings. The number of piperazine rings is 1. The van der Waals surface area contributed by atoms with E-state index in [1.54, 1.807) is 29.0 Å². The van der Waals surface area contributed by atoms with Gasteiger partial charge in [0.25, 0.3) is 5.91 Å². The summed E-state index contributed by atoms with van der Waals surface area (Å²) in [6.07, 6.45) is 0. The van der Waals surface area contributed by atoms with E-state index in [1.165, 1.54) is 0 Å². The predicted molar refractivity (Wildman–Crippen MR) is 129 cm³/mol. The van der Waals surface area contributed by atoms with E-state index in [0.29, 0.717) is 18.0 Å². The molecule has 0 unspecified atom stereocenters.